The van der Waals surface area contributed by atoms with Crippen LogP contribution in [0.5, 0.6) is 0 Å². The molecule has 0 saturated heterocycles. The molecule has 3 rings (SSSR count). The lowest BCUT2D eigenvalue weighted by atomic mass is 10.1. The number of halogens is 1. The number of imidazole rings is 1. The maximum atomic E-state index is 14.4. The molecule has 3 nitrogen and oxygen atoms in total. The summed E-state index contributed by atoms with van der Waals surface area (Å²) in [7, 11) is 0. The number of benzene rings is 2. The molecular formula is C17H18FN3. The first-order valence-electron chi connectivity index (χ1n) is 7.04. The maximum absolute atomic E-state index is 14.4. The SMILES string of the molecule is Cc1cc2ncn(-c3c(F)cccc3CCN)c2cc1C. The van der Waals surface area contributed by atoms with E-state index in [9.17, 15) is 4.39 Å². The normalized spacial score (nSPS) is 11.2. The van der Waals surface area contributed by atoms with Crippen LogP contribution in [0, 0.1) is 19.7 Å². The Hall–Kier alpha value is -2.20. The summed E-state index contributed by atoms with van der Waals surface area (Å²) in [5.74, 6) is -0.251. The summed E-state index contributed by atoms with van der Waals surface area (Å²) < 4.78 is 16.2. The van der Waals surface area contributed by atoms with Crippen molar-refractivity contribution in [3.8, 4) is 5.69 Å². The first kappa shape index (κ1) is 13.8. The van der Waals surface area contributed by atoms with Gasteiger partial charge in [-0.15, -0.1) is 0 Å². The van der Waals surface area contributed by atoms with Crippen molar-refractivity contribution in [3.05, 3.63) is 59.2 Å². The van der Waals surface area contributed by atoms with Gasteiger partial charge in [-0.05, 0) is 61.7 Å². The van der Waals surface area contributed by atoms with E-state index in [1.807, 2.05) is 23.6 Å². The molecule has 2 N–H and O–H groups in total. The highest BCUT2D eigenvalue weighted by molar-refractivity contribution is 5.79. The van der Waals surface area contributed by atoms with Crippen LogP contribution in [-0.4, -0.2) is 16.1 Å². The summed E-state index contributed by atoms with van der Waals surface area (Å²) in [5.41, 5.74) is 11.2. The van der Waals surface area contributed by atoms with Crippen LogP contribution in [0.4, 0.5) is 4.39 Å². The van der Waals surface area contributed by atoms with Crippen molar-refractivity contribution in [2.75, 3.05) is 6.54 Å². The standard InChI is InChI=1S/C17H18FN3/c1-11-8-15-16(9-12(11)2)21(10-20-15)17-13(6-7-19)4-3-5-14(17)18/h3-5,8-10H,6-7,19H2,1-2H3. The molecule has 2 aromatic carbocycles. The van der Waals surface area contributed by atoms with Crippen molar-refractivity contribution in [2.24, 2.45) is 5.73 Å². The highest BCUT2D eigenvalue weighted by Crippen LogP contribution is 2.26. The fourth-order valence-corrected chi connectivity index (χ4v) is 2.63. The zero-order valence-corrected chi connectivity index (χ0v) is 12.2. The largest absolute Gasteiger partial charge is 0.330 e. The number of para-hydroxylation sites is 1. The number of aryl methyl sites for hydroxylation is 2. The van der Waals surface area contributed by atoms with Gasteiger partial charge in [0, 0.05) is 0 Å². The zero-order chi connectivity index (χ0) is 15.0. The van der Waals surface area contributed by atoms with Crippen LogP contribution in [0.3, 0.4) is 0 Å². The minimum atomic E-state index is -0.251. The molecule has 0 saturated carbocycles. The molecule has 21 heavy (non-hydrogen) atoms. The minimum absolute atomic E-state index is 0.251. The summed E-state index contributed by atoms with van der Waals surface area (Å²) in [6.45, 7) is 4.59. The van der Waals surface area contributed by atoms with E-state index in [-0.39, 0.29) is 5.82 Å². The molecule has 0 unspecified atom stereocenters. The lowest BCUT2D eigenvalue weighted by molar-refractivity contribution is 0.616. The van der Waals surface area contributed by atoms with Gasteiger partial charge in [0.1, 0.15) is 12.1 Å². The Morgan fingerprint density at radius 2 is 1.95 bits per heavy atom. The van der Waals surface area contributed by atoms with E-state index in [0.29, 0.717) is 18.7 Å². The maximum Gasteiger partial charge on any atom is 0.147 e. The van der Waals surface area contributed by atoms with Gasteiger partial charge in [-0.2, -0.15) is 0 Å². The van der Waals surface area contributed by atoms with Crippen molar-refractivity contribution >= 4 is 11.0 Å². The van der Waals surface area contributed by atoms with E-state index in [1.165, 1.54) is 17.2 Å². The number of fused-ring (bicyclic) bond motifs is 1. The Labute approximate surface area is 123 Å². The third-order valence-corrected chi connectivity index (χ3v) is 3.89. The number of rotatable bonds is 3. The predicted octanol–water partition coefficient (Wildman–Crippen LogP) is 3.28. The summed E-state index contributed by atoms with van der Waals surface area (Å²) in [5, 5.41) is 0. The van der Waals surface area contributed by atoms with Gasteiger partial charge in [0.2, 0.25) is 0 Å². The second kappa shape index (κ2) is 5.30. The van der Waals surface area contributed by atoms with Crippen LogP contribution in [-0.2, 0) is 6.42 Å². The molecule has 0 bridgehead atoms. The number of hydrogen-bond acceptors (Lipinski definition) is 2. The predicted molar refractivity (Wildman–Crippen MR) is 83.3 cm³/mol. The third-order valence-electron chi connectivity index (χ3n) is 3.89. The molecule has 0 aliphatic rings. The van der Waals surface area contributed by atoms with Gasteiger partial charge in [-0.3, -0.25) is 4.57 Å². The number of hydrogen-bond donors (Lipinski definition) is 1. The monoisotopic (exact) mass is 283 g/mol. The first-order chi connectivity index (χ1) is 10.1. The van der Waals surface area contributed by atoms with Gasteiger partial charge < -0.3 is 5.73 Å². The van der Waals surface area contributed by atoms with E-state index in [1.54, 1.807) is 12.4 Å². The Morgan fingerprint density at radius 1 is 1.19 bits per heavy atom. The van der Waals surface area contributed by atoms with Gasteiger partial charge in [0.05, 0.1) is 16.7 Å². The second-order valence-corrected chi connectivity index (χ2v) is 5.33. The Bertz CT molecular complexity index is 805. The molecule has 0 fully saturated rings. The number of nitrogens with zero attached hydrogens (tertiary/aromatic N) is 2. The highest BCUT2D eigenvalue weighted by Gasteiger charge is 2.14. The van der Waals surface area contributed by atoms with Crippen molar-refractivity contribution in [1.29, 1.82) is 0 Å². The lowest BCUT2D eigenvalue weighted by Crippen LogP contribution is -2.08. The van der Waals surface area contributed by atoms with Crippen LogP contribution in [0.15, 0.2) is 36.7 Å². The summed E-state index contributed by atoms with van der Waals surface area (Å²) in [6.07, 6.45) is 2.32. The van der Waals surface area contributed by atoms with Gasteiger partial charge in [0.25, 0.3) is 0 Å². The molecule has 0 radical (unpaired) electrons. The zero-order valence-electron chi connectivity index (χ0n) is 12.2. The summed E-state index contributed by atoms with van der Waals surface area (Å²) in [6, 6.07) is 9.19. The summed E-state index contributed by atoms with van der Waals surface area (Å²) >= 11 is 0. The Kier molecular flexibility index (Phi) is 3.47. The second-order valence-electron chi connectivity index (χ2n) is 5.33. The molecule has 0 aliphatic heterocycles. The highest BCUT2D eigenvalue weighted by atomic mass is 19.1. The third kappa shape index (κ3) is 2.32. The summed E-state index contributed by atoms with van der Waals surface area (Å²) in [4.78, 5) is 4.40. The average molecular weight is 283 g/mol. The van der Waals surface area contributed by atoms with Crippen molar-refractivity contribution < 1.29 is 4.39 Å². The molecule has 4 heteroatoms. The molecule has 0 spiro atoms. The molecule has 3 aromatic rings. The molecule has 1 aromatic heterocycles. The molecule has 0 atom stereocenters. The van der Waals surface area contributed by atoms with E-state index >= 15 is 0 Å². The van der Waals surface area contributed by atoms with E-state index in [0.717, 1.165) is 16.6 Å². The van der Waals surface area contributed by atoms with Gasteiger partial charge in [-0.25, -0.2) is 9.37 Å². The fraction of sp³-hybridized carbons (Fsp3) is 0.235. The van der Waals surface area contributed by atoms with Crippen LogP contribution < -0.4 is 5.73 Å². The van der Waals surface area contributed by atoms with Gasteiger partial charge >= 0.3 is 0 Å². The van der Waals surface area contributed by atoms with Crippen molar-refractivity contribution in [1.82, 2.24) is 9.55 Å². The molecule has 0 amide bonds. The molecule has 1 heterocycles. The van der Waals surface area contributed by atoms with Crippen LogP contribution >= 0.6 is 0 Å². The lowest BCUT2D eigenvalue weighted by Gasteiger charge is -2.12. The first-order valence-corrected chi connectivity index (χ1v) is 7.04. The Morgan fingerprint density at radius 3 is 2.71 bits per heavy atom. The average Bonchev–Trinajstić information content (AvgIpc) is 2.83. The molecular weight excluding hydrogens is 265 g/mol. The minimum Gasteiger partial charge on any atom is -0.330 e. The van der Waals surface area contributed by atoms with Crippen molar-refractivity contribution in [2.45, 2.75) is 20.3 Å². The van der Waals surface area contributed by atoms with E-state index < -0.39 is 0 Å². The molecule has 0 aliphatic carbocycles. The van der Waals surface area contributed by atoms with E-state index in [2.05, 4.69) is 18.0 Å². The number of nitrogens with two attached hydrogens (primary N) is 1. The van der Waals surface area contributed by atoms with Gasteiger partial charge in [-0.1, -0.05) is 12.1 Å². The smallest absolute Gasteiger partial charge is 0.147 e. The quantitative estimate of drug-likeness (QED) is 0.801. The fourth-order valence-electron chi connectivity index (χ4n) is 2.63. The van der Waals surface area contributed by atoms with Crippen LogP contribution in [0.1, 0.15) is 16.7 Å². The molecule has 108 valence electrons. The van der Waals surface area contributed by atoms with Crippen LogP contribution in [0.25, 0.3) is 16.7 Å². The topological polar surface area (TPSA) is 43.8 Å². The number of aromatic nitrogens is 2. The van der Waals surface area contributed by atoms with Gasteiger partial charge in [0.15, 0.2) is 0 Å². The van der Waals surface area contributed by atoms with Crippen molar-refractivity contribution in [3.63, 3.8) is 0 Å². The van der Waals surface area contributed by atoms with Crippen LogP contribution in [0.2, 0.25) is 0 Å². The Balaban J connectivity index is 2.28. The van der Waals surface area contributed by atoms with E-state index in [4.69, 9.17) is 5.73 Å².